The van der Waals surface area contributed by atoms with Crippen molar-refractivity contribution in [1.29, 1.82) is 0 Å². The van der Waals surface area contributed by atoms with E-state index in [2.05, 4.69) is 0 Å². The predicted octanol–water partition coefficient (Wildman–Crippen LogP) is 2.05. The number of furan rings is 1. The van der Waals surface area contributed by atoms with E-state index in [4.69, 9.17) is 4.42 Å². The van der Waals surface area contributed by atoms with Crippen molar-refractivity contribution in [3.63, 3.8) is 0 Å². The summed E-state index contributed by atoms with van der Waals surface area (Å²) >= 11 is 1.52. The highest BCUT2D eigenvalue weighted by atomic mass is 32.2. The van der Waals surface area contributed by atoms with Crippen molar-refractivity contribution in [3.8, 4) is 0 Å². The maximum Gasteiger partial charge on any atom is 0.327 e. The van der Waals surface area contributed by atoms with Crippen molar-refractivity contribution in [3.05, 3.63) is 24.2 Å². The quantitative estimate of drug-likeness (QED) is 0.905. The van der Waals surface area contributed by atoms with Gasteiger partial charge in [-0.3, -0.25) is 4.79 Å². The summed E-state index contributed by atoms with van der Waals surface area (Å²) in [6.45, 7) is 2.02. The van der Waals surface area contributed by atoms with E-state index in [9.17, 15) is 14.7 Å². The zero-order valence-corrected chi connectivity index (χ0v) is 10.9. The monoisotopic (exact) mass is 269 g/mol. The molecule has 6 heteroatoms. The maximum atomic E-state index is 12.3. The molecule has 0 saturated carbocycles. The lowest BCUT2D eigenvalue weighted by molar-refractivity contribution is -0.141. The number of carboxylic acid groups (broad SMARTS) is 1. The van der Waals surface area contributed by atoms with Gasteiger partial charge < -0.3 is 14.4 Å². The number of carbonyl (C=O) groups is 2. The molecule has 1 aliphatic rings. The van der Waals surface area contributed by atoms with Gasteiger partial charge >= 0.3 is 5.97 Å². The zero-order chi connectivity index (χ0) is 13.1. The molecule has 0 spiro atoms. The Kier molecular flexibility index (Phi) is 3.96. The Labute approximate surface area is 109 Å². The van der Waals surface area contributed by atoms with Crippen molar-refractivity contribution >= 4 is 23.6 Å². The van der Waals surface area contributed by atoms with Crippen LogP contribution in [-0.4, -0.2) is 39.1 Å². The first-order chi connectivity index (χ1) is 8.65. The molecule has 1 aromatic rings. The van der Waals surface area contributed by atoms with Crippen molar-refractivity contribution in [2.75, 3.05) is 5.75 Å². The van der Waals surface area contributed by atoms with Crippen LogP contribution in [0.4, 0.5) is 0 Å². The van der Waals surface area contributed by atoms with E-state index in [1.54, 1.807) is 12.1 Å². The number of thioether (sulfide) groups is 1. The lowest BCUT2D eigenvalue weighted by atomic mass is 10.2. The molecule has 98 valence electrons. The summed E-state index contributed by atoms with van der Waals surface area (Å²) < 4.78 is 5.07. The third-order valence-corrected chi connectivity index (χ3v) is 4.24. The number of carboxylic acids is 1. The standard InChI is InChI=1S/C12H15NO4S/c1-2-4-10-13(8(7-18-10)12(15)16)11(14)9-5-3-6-17-9/h3,5-6,8,10H,2,4,7H2,1H3,(H,15,16). The van der Waals surface area contributed by atoms with Gasteiger partial charge in [-0.15, -0.1) is 11.8 Å². The normalized spacial score (nSPS) is 23.3. The van der Waals surface area contributed by atoms with Gasteiger partial charge in [0.15, 0.2) is 5.76 Å². The summed E-state index contributed by atoms with van der Waals surface area (Å²) in [6, 6.07) is 2.43. The van der Waals surface area contributed by atoms with Crippen LogP contribution in [0.3, 0.4) is 0 Å². The van der Waals surface area contributed by atoms with E-state index in [1.807, 2.05) is 6.92 Å². The van der Waals surface area contributed by atoms with E-state index in [0.717, 1.165) is 12.8 Å². The van der Waals surface area contributed by atoms with Gasteiger partial charge in [0.25, 0.3) is 5.91 Å². The highest BCUT2D eigenvalue weighted by molar-refractivity contribution is 8.00. The van der Waals surface area contributed by atoms with Crippen LogP contribution in [0.5, 0.6) is 0 Å². The Balaban J connectivity index is 2.23. The first-order valence-corrected chi connectivity index (χ1v) is 6.90. The fourth-order valence-electron chi connectivity index (χ4n) is 2.02. The van der Waals surface area contributed by atoms with E-state index >= 15 is 0 Å². The first-order valence-electron chi connectivity index (χ1n) is 5.85. The number of carbonyl (C=O) groups excluding carboxylic acids is 1. The summed E-state index contributed by atoms with van der Waals surface area (Å²) in [5.41, 5.74) is 0. The Hall–Kier alpha value is -1.43. The Bertz CT molecular complexity index is 431. The minimum absolute atomic E-state index is 0.0753. The lowest BCUT2D eigenvalue weighted by Gasteiger charge is -2.26. The molecule has 2 rings (SSSR count). The SMILES string of the molecule is CCCC1SCC(C(=O)O)N1C(=O)c1ccco1. The second kappa shape index (κ2) is 5.48. The van der Waals surface area contributed by atoms with Crippen LogP contribution < -0.4 is 0 Å². The molecule has 2 unspecified atom stereocenters. The third kappa shape index (κ3) is 2.38. The predicted molar refractivity (Wildman–Crippen MR) is 67.5 cm³/mol. The fraction of sp³-hybridized carbons (Fsp3) is 0.500. The Morgan fingerprint density at radius 1 is 1.61 bits per heavy atom. The molecular formula is C12H15NO4S. The summed E-state index contributed by atoms with van der Waals surface area (Å²) in [6.07, 6.45) is 3.12. The van der Waals surface area contributed by atoms with Gasteiger partial charge in [0.2, 0.25) is 0 Å². The summed E-state index contributed by atoms with van der Waals surface area (Å²) in [5.74, 6) is -0.659. The van der Waals surface area contributed by atoms with E-state index in [-0.39, 0.29) is 17.0 Å². The van der Waals surface area contributed by atoms with Crippen LogP contribution in [0.1, 0.15) is 30.3 Å². The second-order valence-corrected chi connectivity index (χ2v) is 5.33. The molecule has 0 aromatic carbocycles. The average molecular weight is 269 g/mol. The molecule has 1 N–H and O–H groups in total. The van der Waals surface area contributed by atoms with Gasteiger partial charge in [-0.1, -0.05) is 13.3 Å². The van der Waals surface area contributed by atoms with Gasteiger partial charge in [-0.25, -0.2) is 4.79 Å². The summed E-state index contributed by atoms with van der Waals surface area (Å²) in [4.78, 5) is 24.9. The number of amides is 1. The van der Waals surface area contributed by atoms with E-state index < -0.39 is 12.0 Å². The lowest BCUT2D eigenvalue weighted by Crippen LogP contribution is -2.45. The highest BCUT2D eigenvalue weighted by Gasteiger charge is 2.42. The highest BCUT2D eigenvalue weighted by Crippen LogP contribution is 2.33. The Morgan fingerprint density at radius 3 is 2.94 bits per heavy atom. The van der Waals surface area contributed by atoms with Crippen LogP contribution >= 0.6 is 11.8 Å². The number of nitrogens with zero attached hydrogens (tertiary/aromatic N) is 1. The molecule has 0 aliphatic carbocycles. The summed E-state index contributed by atoms with van der Waals surface area (Å²) in [5, 5.41) is 9.10. The van der Waals surface area contributed by atoms with E-state index in [0.29, 0.717) is 5.75 Å². The van der Waals surface area contributed by atoms with Crippen LogP contribution in [0, 0.1) is 0 Å². The molecule has 2 atom stereocenters. The van der Waals surface area contributed by atoms with Crippen molar-refractivity contribution < 1.29 is 19.1 Å². The molecule has 1 aliphatic heterocycles. The van der Waals surface area contributed by atoms with Crippen LogP contribution in [0.25, 0.3) is 0 Å². The van der Waals surface area contributed by atoms with Gasteiger partial charge in [0.1, 0.15) is 6.04 Å². The molecule has 18 heavy (non-hydrogen) atoms. The van der Waals surface area contributed by atoms with Crippen LogP contribution in [0.2, 0.25) is 0 Å². The van der Waals surface area contributed by atoms with Gasteiger partial charge in [-0.2, -0.15) is 0 Å². The number of hydrogen-bond acceptors (Lipinski definition) is 4. The van der Waals surface area contributed by atoms with Crippen molar-refractivity contribution in [2.45, 2.75) is 31.2 Å². The van der Waals surface area contributed by atoms with E-state index in [1.165, 1.54) is 22.9 Å². The fourth-order valence-corrected chi connectivity index (χ4v) is 3.54. The van der Waals surface area contributed by atoms with Gasteiger partial charge in [-0.05, 0) is 18.6 Å². The first kappa shape index (κ1) is 13.0. The van der Waals surface area contributed by atoms with Crippen LogP contribution in [0.15, 0.2) is 22.8 Å². The third-order valence-electron chi connectivity index (χ3n) is 2.88. The molecule has 1 aromatic heterocycles. The largest absolute Gasteiger partial charge is 0.480 e. The minimum atomic E-state index is -0.957. The number of hydrogen-bond donors (Lipinski definition) is 1. The Morgan fingerprint density at radius 2 is 2.39 bits per heavy atom. The average Bonchev–Trinajstić information content (AvgIpc) is 2.97. The number of aliphatic carboxylic acids is 1. The van der Waals surface area contributed by atoms with Gasteiger partial charge in [0, 0.05) is 5.75 Å². The molecule has 1 fully saturated rings. The molecule has 5 nitrogen and oxygen atoms in total. The molecule has 1 saturated heterocycles. The summed E-state index contributed by atoms with van der Waals surface area (Å²) in [7, 11) is 0. The van der Waals surface area contributed by atoms with Crippen LogP contribution in [-0.2, 0) is 4.79 Å². The molecule has 0 bridgehead atoms. The topological polar surface area (TPSA) is 70.8 Å². The molecular weight excluding hydrogens is 254 g/mol. The molecule has 1 amide bonds. The van der Waals surface area contributed by atoms with Crippen molar-refractivity contribution in [2.24, 2.45) is 0 Å². The van der Waals surface area contributed by atoms with Gasteiger partial charge in [0.05, 0.1) is 11.6 Å². The number of rotatable bonds is 4. The molecule has 2 heterocycles. The zero-order valence-electron chi connectivity index (χ0n) is 10.0. The smallest absolute Gasteiger partial charge is 0.327 e. The van der Waals surface area contributed by atoms with Crippen molar-refractivity contribution in [1.82, 2.24) is 4.90 Å². The minimum Gasteiger partial charge on any atom is -0.480 e. The second-order valence-electron chi connectivity index (χ2n) is 4.12. The molecule has 0 radical (unpaired) electrons. The maximum absolute atomic E-state index is 12.3.